The van der Waals surface area contributed by atoms with Gasteiger partial charge >= 0.3 is 0 Å². The number of carbonyl (C=O) groups excluding carboxylic acids is 1. The first-order valence-electron chi connectivity index (χ1n) is 4.13. The van der Waals surface area contributed by atoms with Gasteiger partial charge in [-0.1, -0.05) is 0 Å². The summed E-state index contributed by atoms with van der Waals surface area (Å²) in [6.45, 7) is 0.212. The number of nitrogens with zero attached hydrogens (tertiary/aromatic N) is 3. The summed E-state index contributed by atoms with van der Waals surface area (Å²) < 4.78 is 1.48. The van der Waals surface area contributed by atoms with E-state index in [0.29, 0.717) is 0 Å². The van der Waals surface area contributed by atoms with Crippen molar-refractivity contribution < 1.29 is 4.79 Å². The van der Waals surface area contributed by atoms with Gasteiger partial charge in [-0.3, -0.25) is 4.79 Å². The third kappa shape index (κ3) is 2.03. The monoisotopic (exact) mass is 181 g/mol. The van der Waals surface area contributed by atoms with Crippen LogP contribution in [0.3, 0.4) is 0 Å². The molecule has 1 aromatic heterocycles. The highest BCUT2D eigenvalue weighted by atomic mass is 16.2. The Morgan fingerprint density at radius 2 is 2.54 bits per heavy atom. The van der Waals surface area contributed by atoms with Gasteiger partial charge in [-0.05, 0) is 6.42 Å². The second-order valence-corrected chi connectivity index (χ2v) is 3.17. The first-order valence-corrected chi connectivity index (χ1v) is 4.13. The summed E-state index contributed by atoms with van der Waals surface area (Å²) in [5, 5.41) is 6.61. The molecule has 70 valence electrons. The van der Waals surface area contributed by atoms with Crippen LogP contribution < -0.4 is 11.1 Å². The molecule has 0 spiro atoms. The summed E-state index contributed by atoms with van der Waals surface area (Å²) in [4.78, 5) is 15.0. The molecule has 1 heterocycles. The molecule has 6 nitrogen and oxygen atoms in total. The molecule has 0 aromatic carbocycles. The highest BCUT2D eigenvalue weighted by Crippen LogP contribution is 2.17. The van der Waals surface area contributed by atoms with E-state index in [2.05, 4.69) is 15.4 Å². The van der Waals surface area contributed by atoms with Crippen LogP contribution in [-0.2, 0) is 11.3 Å². The molecular weight excluding hydrogens is 170 g/mol. The summed E-state index contributed by atoms with van der Waals surface area (Å²) in [5.74, 6) is -0.0662. The number of rotatable bonds is 3. The standard InChI is InChI=1S/C7H11N5O/c8-5-1-6(5)11-7(13)2-12-4-9-3-10-12/h3-6H,1-2,8H2,(H,11,13). The van der Waals surface area contributed by atoms with E-state index >= 15 is 0 Å². The van der Waals surface area contributed by atoms with Gasteiger partial charge in [-0.2, -0.15) is 5.10 Å². The van der Waals surface area contributed by atoms with E-state index < -0.39 is 0 Å². The fourth-order valence-electron chi connectivity index (χ4n) is 1.09. The Balaban J connectivity index is 1.79. The van der Waals surface area contributed by atoms with Gasteiger partial charge in [0, 0.05) is 12.1 Å². The second-order valence-electron chi connectivity index (χ2n) is 3.17. The Kier molecular flexibility index (Phi) is 1.97. The summed E-state index contributed by atoms with van der Waals surface area (Å²) in [6.07, 6.45) is 3.78. The van der Waals surface area contributed by atoms with Gasteiger partial charge in [0.2, 0.25) is 5.91 Å². The summed E-state index contributed by atoms with van der Waals surface area (Å²) in [7, 11) is 0. The number of nitrogens with one attached hydrogen (secondary N) is 1. The van der Waals surface area contributed by atoms with Crippen molar-refractivity contribution in [1.29, 1.82) is 0 Å². The SMILES string of the molecule is NC1CC1NC(=O)Cn1cncn1. The van der Waals surface area contributed by atoms with E-state index in [1.165, 1.54) is 17.3 Å². The number of hydrogen-bond acceptors (Lipinski definition) is 4. The molecule has 2 atom stereocenters. The van der Waals surface area contributed by atoms with Gasteiger partial charge in [-0.15, -0.1) is 0 Å². The molecule has 1 fully saturated rings. The minimum atomic E-state index is -0.0662. The summed E-state index contributed by atoms with van der Waals surface area (Å²) in [5.41, 5.74) is 5.54. The third-order valence-corrected chi connectivity index (χ3v) is 1.96. The first-order chi connectivity index (χ1) is 6.25. The van der Waals surface area contributed by atoms with Crippen molar-refractivity contribution in [2.75, 3.05) is 0 Å². The predicted octanol–water partition coefficient (Wildman–Crippen LogP) is -1.51. The Bertz CT molecular complexity index is 296. The van der Waals surface area contributed by atoms with Gasteiger partial charge in [-0.25, -0.2) is 9.67 Å². The van der Waals surface area contributed by atoms with Crippen LogP contribution in [0.5, 0.6) is 0 Å². The van der Waals surface area contributed by atoms with Crippen molar-refractivity contribution in [2.45, 2.75) is 25.0 Å². The van der Waals surface area contributed by atoms with Crippen molar-refractivity contribution in [3.05, 3.63) is 12.7 Å². The molecule has 6 heteroatoms. The molecule has 3 N–H and O–H groups in total. The fraction of sp³-hybridized carbons (Fsp3) is 0.571. The molecule has 1 aliphatic rings. The minimum Gasteiger partial charge on any atom is -0.350 e. The van der Waals surface area contributed by atoms with Crippen LogP contribution >= 0.6 is 0 Å². The molecule has 1 saturated carbocycles. The number of carbonyl (C=O) groups is 1. The Morgan fingerprint density at radius 1 is 1.77 bits per heavy atom. The van der Waals surface area contributed by atoms with Crippen molar-refractivity contribution in [1.82, 2.24) is 20.1 Å². The van der Waals surface area contributed by atoms with Crippen LogP contribution in [0, 0.1) is 0 Å². The van der Waals surface area contributed by atoms with Gasteiger partial charge in [0.1, 0.15) is 19.2 Å². The van der Waals surface area contributed by atoms with Crippen LogP contribution in [0.4, 0.5) is 0 Å². The van der Waals surface area contributed by atoms with Crippen molar-refractivity contribution in [3.8, 4) is 0 Å². The predicted molar refractivity (Wildman–Crippen MR) is 44.5 cm³/mol. The molecule has 1 aliphatic carbocycles. The highest BCUT2D eigenvalue weighted by molar-refractivity contribution is 5.76. The van der Waals surface area contributed by atoms with Crippen molar-refractivity contribution >= 4 is 5.91 Å². The summed E-state index contributed by atoms with van der Waals surface area (Å²) in [6, 6.07) is 0.302. The Morgan fingerprint density at radius 3 is 3.08 bits per heavy atom. The lowest BCUT2D eigenvalue weighted by Crippen LogP contribution is -2.32. The molecule has 2 rings (SSSR count). The average Bonchev–Trinajstić information content (AvgIpc) is 2.61. The maximum Gasteiger partial charge on any atom is 0.242 e. The quantitative estimate of drug-likeness (QED) is 0.594. The second kappa shape index (κ2) is 3.14. The van der Waals surface area contributed by atoms with E-state index in [1.54, 1.807) is 0 Å². The molecule has 0 radical (unpaired) electrons. The number of amides is 1. The van der Waals surface area contributed by atoms with E-state index in [9.17, 15) is 4.79 Å². The maximum atomic E-state index is 11.3. The van der Waals surface area contributed by atoms with Crippen molar-refractivity contribution in [2.24, 2.45) is 5.73 Å². The number of aromatic nitrogens is 3. The zero-order valence-corrected chi connectivity index (χ0v) is 7.05. The fourth-order valence-corrected chi connectivity index (χ4v) is 1.09. The van der Waals surface area contributed by atoms with Gasteiger partial charge in [0.25, 0.3) is 0 Å². The van der Waals surface area contributed by atoms with Crippen LogP contribution in [-0.4, -0.2) is 32.8 Å². The smallest absolute Gasteiger partial charge is 0.242 e. The maximum absolute atomic E-state index is 11.3. The molecule has 13 heavy (non-hydrogen) atoms. The summed E-state index contributed by atoms with van der Waals surface area (Å²) >= 11 is 0. The Hall–Kier alpha value is -1.43. The lowest BCUT2D eigenvalue weighted by atomic mass is 10.5. The normalized spacial score (nSPS) is 25.6. The molecule has 1 amide bonds. The number of hydrogen-bond donors (Lipinski definition) is 2. The van der Waals surface area contributed by atoms with E-state index in [0.717, 1.165) is 6.42 Å². The topological polar surface area (TPSA) is 85.8 Å². The molecule has 2 unspecified atom stereocenters. The molecule has 1 aromatic rings. The van der Waals surface area contributed by atoms with Crippen LogP contribution in [0.2, 0.25) is 0 Å². The molecule has 0 saturated heterocycles. The van der Waals surface area contributed by atoms with Crippen LogP contribution in [0.25, 0.3) is 0 Å². The Labute approximate surface area is 75.1 Å². The molecular formula is C7H11N5O. The van der Waals surface area contributed by atoms with E-state index in [-0.39, 0.29) is 24.5 Å². The molecule has 0 aliphatic heterocycles. The highest BCUT2D eigenvalue weighted by Gasteiger charge is 2.34. The van der Waals surface area contributed by atoms with Crippen LogP contribution in [0.1, 0.15) is 6.42 Å². The van der Waals surface area contributed by atoms with Gasteiger partial charge < -0.3 is 11.1 Å². The lowest BCUT2D eigenvalue weighted by Gasteiger charge is -2.02. The third-order valence-electron chi connectivity index (χ3n) is 1.96. The largest absolute Gasteiger partial charge is 0.350 e. The zero-order chi connectivity index (χ0) is 9.26. The van der Waals surface area contributed by atoms with Gasteiger partial charge in [0.15, 0.2) is 0 Å². The van der Waals surface area contributed by atoms with Crippen molar-refractivity contribution in [3.63, 3.8) is 0 Å². The van der Waals surface area contributed by atoms with Gasteiger partial charge in [0.05, 0.1) is 0 Å². The van der Waals surface area contributed by atoms with E-state index in [4.69, 9.17) is 5.73 Å². The molecule has 0 bridgehead atoms. The van der Waals surface area contributed by atoms with Crippen LogP contribution in [0.15, 0.2) is 12.7 Å². The van der Waals surface area contributed by atoms with E-state index in [1.807, 2.05) is 0 Å². The average molecular weight is 181 g/mol. The minimum absolute atomic E-state index is 0.0662. The lowest BCUT2D eigenvalue weighted by molar-refractivity contribution is -0.122. The zero-order valence-electron chi connectivity index (χ0n) is 7.05. The first kappa shape index (κ1) is 8.18. The number of nitrogens with two attached hydrogens (primary N) is 1.